The van der Waals surface area contributed by atoms with Gasteiger partial charge in [-0.05, 0) is 91.8 Å². The van der Waals surface area contributed by atoms with E-state index in [9.17, 15) is 14.7 Å². The predicted octanol–water partition coefficient (Wildman–Crippen LogP) is 7.29. The van der Waals surface area contributed by atoms with Crippen molar-refractivity contribution < 1.29 is 24.2 Å². The first-order valence-electron chi connectivity index (χ1n) is 14.3. The van der Waals surface area contributed by atoms with Gasteiger partial charge < -0.3 is 14.6 Å². The molecule has 0 saturated carbocycles. The van der Waals surface area contributed by atoms with Crippen LogP contribution in [0, 0.1) is 19.8 Å². The van der Waals surface area contributed by atoms with E-state index >= 15 is 0 Å². The maximum absolute atomic E-state index is 13.8. The molecule has 8 heteroatoms. The highest BCUT2D eigenvalue weighted by Crippen LogP contribution is 2.45. The Balaban J connectivity index is 1.50. The van der Waals surface area contributed by atoms with E-state index in [0.29, 0.717) is 41.0 Å². The zero-order valence-electron chi connectivity index (χ0n) is 24.4. The SMILES string of the molecule is Cc1cc(C)c2nc(N3C(=O)C(=O)/C(=C(/O)c4ccc5c(c4)C[C@H](C)O5)[C@@H]3c3cccc(OCCC(C)C)c3)sc2c1. The van der Waals surface area contributed by atoms with Gasteiger partial charge in [0.05, 0.1) is 28.4 Å². The zero-order chi connectivity index (χ0) is 29.7. The summed E-state index contributed by atoms with van der Waals surface area (Å²) in [7, 11) is 0. The molecule has 0 spiro atoms. The van der Waals surface area contributed by atoms with Crippen molar-refractivity contribution in [2.45, 2.75) is 59.6 Å². The van der Waals surface area contributed by atoms with Gasteiger partial charge in [0.25, 0.3) is 5.78 Å². The number of fused-ring (bicyclic) bond motifs is 2. The number of hydrogen-bond acceptors (Lipinski definition) is 7. The fraction of sp³-hybridized carbons (Fsp3) is 0.324. The Hall–Kier alpha value is -4.17. The first kappa shape index (κ1) is 28.0. The molecule has 1 aromatic heterocycles. The van der Waals surface area contributed by atoms with E-state index in [1.807, 2.05) is 63.2 Å². The Morgan fingerprint density at radius 1 is 1.14 bits per heavy atom. The van der Waals surface area contributed by atoms with Crippen molar-refractivity contribution >= 4 is 44.1 Å². The Morgan fingerprint density at radius 3 is 2.74 bits per heavy atom. The molecular formula is C34H34N2O5S. The minimum Gasteiger partial charge on any atom is -0.507 e. The quantitative estimate of drug-likeness (QED) is 0.140. The average Bonchev–Trinajstić information content (AvgIpc) is 3.61. The maximum Gasteiger partial charge on any atom is 0.301 e. The number of aryl methyl sites for hydroxylation is 2. The van der Waals surface area contributed by atoms with Crippen molar-refractivity contribution in [1.82, 2.24) is 4.98 Å². The Bertz CT molecular complexity index is 1750. The van der Waals surface area contributed by atoms with Crippen molar-refractivity contribution in [3.05, 3.63) is 88.0 Å². The number of thiazole rings is 1. The summed E-state index contributed by atoms with van der Waals surface area (Å²) in [5, 5.41) is 12.1. The van der Waals surface area contributed by atoms with E-state index in [1.54, 1.807) is 12.1 Å². The van der Waals surface area contributed by atoms with Crippen LogP contribution >= 0.6 is 11.3 Å². The molecule has 42 heavy (non-hydrogen) atoms. The molecule has 216 valence electrons. The number of aliphatic hydroxyl groups is 1. The molecule has 3 heterocycles. The maximum atomic E-state index is 13.8. The van der Waals surface area contributed by atoms with Gasteiger partial charge >= 0.3 is 5.91 Å². The van der Waals surface area contributed by atoms with Crippen LogP contribution in [-0.2, 0) is 16.0 Å². The summed E-state index contributed by atoms with van der Waals surface area (Å²) in [6, 6.07) is 16.0. The molecule has 1 saturated heterocycles. The molecule has 6 rings (SSSR count). The molecule has 4 aromatic rings. The third-order valence-corrected chi connectivity index (χ3v) is 8.78. The molecule has 1 amide bonds. The highest BCUT2D eigenvalue weighted by molar-refractivity contribution is 7.22. The van der Waals surface area contributed by atoms with Gasteiger partial charge in [-0.2, -0.15) is 0 Å². The van der Waals surface area contributed by atoms with Crippen LogP contribution in [0.2, 0.25) is 0 Å². The van der Waals surface area contributed by atoms with Crippen LogP contribution in [-0.4, -0.2) is 34.5 Å². The monoisotopic (exact) mass is 582 g/mol. The lowest BCUT2D eigenvalue weighted by Gasteiger charge is -2.23. The van der Waals surface area contributed by atoms with Crippen LogP contribution in [0.5, 0.6) is 11.5 Å². The van der Waals surface area contributed by atoms with Crippen LogP contribution in [0.1, 0.15) is 61.1 Å². The number of aromatic nitrogens is 1. The molecular weight excluding hydrogens is 548 g/mol. The molecule has 0 bridgehead atoms. The third-order valence-electron chi connectivity index (χ3n) is 7.78. The van der Waals surface area contributed by atoms with Gasteiger partial charge in [0.1, 0.15) is 23.4 Å². The van der Waals surface area contributed by atoms with Crippen molar-refractivity contribution in [3.63, 3.8) is 0 Å². The highest BCUT2D eigenvalue weighted by Gasteiger charge is 2.48. The third kappa shape index (κ3) is 5.04. The normalized spacial score (nSPS) is 19.5. The number of anilines is 1. The van der Waals surface area contributed by atoms with Crippen molar-refractivity contribution in [2.75, 3.05) is 11.5 Å². The molecule has 0 radical (unpaired) electrons. The summed E-state index contributed by atoms with van der Waals surface area (Å²) < 4.78 is 12.8. The van der Waals surface area contributed by atoms with Crippen molar-refractivity contribution in [3.8, 4) is 11.5 Å². The van der Waals surface area contributed by atoms with Gasteiger partial charge in [-0.25, -0.2) is 4.98 Å². The summed E-state index contributed by atoms with van der Waals surface area (Å²) in [5.74, 6) is 0.204. The van der Waals surface area contributed by atoms with E-state index in [1.165, 1.54) is 16.2 Å². The number of Topliss-reactive ketones (excluding diaryl/α,β-unsaturated/α-hetero) is 1. The first-order valence-corrected chi connectivity index (χ1v) is 15.1. The van der Waals surface area contributed by atoms with Gasteiger partial charge in [-0.3, -0.25) is 14.5 Å². The summed E-state index contributed by atoms with van der Waals surface area (Å²) in [6.07, 6.45) is 1.63. The van der Waals surface area contributed by atoms with Crippen LogP contribution in [0.4, 0.5) is 5.13 Å². The van der Waals surface area contributed by atoms with E-state index in [2.05, 4.69) is 13.8 Å². The number of ether oxygens (including phenoxy) is 2. The lowest BCUT2D eigenvalue weighted by molar-refractivity contribution is -0.132. The highest BCUT2D eigenvalue weighted by atomic mass is 32.1. The average molecular weight is 583 g/mol. The number of aliphatic hydroxyl groups excluding tert-OH is 1. The summed E-state index contributed by atoms with van der Waals surface area (Å²) in [4.78, 5) is 33.8. The van der Waals surface area contributed by atoms with Crippen LogP contribution in [0.3, 0.4) is 0 Å². The Morgan fingerprint density at radius 2 is 1.95 bits per heavy atom. The van der Waals surface area contributed by atoms with Gasteiger partial charge in [0.15, 0.2) is 5.13 Å². The van der Waals surface area contributed by atoms with Crippen molar-refractivity contribution in [2.24, 2.45) is 5.92 Å². The molecule has 1 N–H and O–H groups in total. The molecule has 1 fully saturated rings. The van der Waals surface area contributed by atoms with E-state index in [4.69, 9.17) is 14.5 Å². The second kappa shape index (κ2) is 10.9. The lowest BCUT2D eigenvalue weighted by Crippen LogP contribution is -2.29. The number of amides is 1. The predicted molar refractivity (Wildman–Crippen MR) is 166 cm³/mol. The van der Waals surface area contributed by atoms with Gasteiger partial charge in [-0.1, -0.05) is 43.4 Å². The van der Waals surface area contributed by atoms with Gasteiger partial charge in [0.2, 0.25) is 0 Å². The number of ketones is 1. The molecule has 3 aromatic carbocycles. The van der Waals surface area contributed by atoms with Crippen LogP contribution in [0.25, 0.3) is 16.0 Å². The van der Waals surface area contributed by atoms with E-state index in [-0.39, 0.29) is 17.4 Å². The largest absolute Gasteiger partial charge is 0.507 e. The molecule has 2 atom stereocenters. The summed E-state index contributed by atoms with van der Waals surface area (Å²) >= 11 is 1.36. The Kier molecular flexibility index (Phi) is 7.27. The topological polar surface area (TPSA) is 89.0 Å². The Labute approximate surface area is 249 Å². The zero-order valence-corrected chi connectivity index (χ0v) is 25.2. The number of hydrogen-bond donors (Lipinski definition) is 1. The standard InChI is InChI=1S/C34H34N2O5S/c1-18(2)11-12-40-25-8-6-7-22(17-25)30-28(31(37)23-9-10-26-24(16-23)15-21(5)41-26)32(38)33(39)36(30)34-35-29-20(4)13-19(3)14-27(29)42-34/h6-10,13-14,16-18,21,30,37H,11-12,15H2,1-5H3/b31-28+/t21-,30-/m0/s1. The number of nitrogens with zero attached hydrogens (tertiary/aromatic N) is 2. The van der Waals surface area contributed by atoms with Crippen molar-refractivity contribution in [1.29, 1.82) is 0 Å². The van der Waals surface area contributed by atoms with E-state index < -0.39 is 17.7 Å². The number of rotatable bonds is 7. The second-order valence-electron chi connectivity index (χ2n) is 11.7. The summed E-state index contributed by atoms with van der Waals surface area (Å²) in [5.41, 5.74) is 4.98. The molecule has 0 aliphatic carbocycles. The fourth-order valence-electron chi connectivity index (χ4n) is 5.72. The minimum atomic E-state index is -0.885. The molecule has 0 unspecified atom stereocenters. The summed E-state index contributed by atoms with van der Waals surface area (Å²) in [6.45, 7) is 10.8. The van der Waals surface area contributed by atoms with Crippen LogP contribution < -0.4 is 14.4 Å². The second-order valence-corrected chi connectivity index (χ2v) is 12.7. The molecule has 7 nitrogen and oxygen atoms in total. The molecule has 2 aliphatic heterocycles. The number of carbonyl (C=O) groups excluding carboxylic acids is 2. The number of carbonyl (C=O) groups is 2. The van der Waals surface area contributed by atoms with Gasteiger partial charge in [-0.15, -0.1) is 0 Å². The lowest BCUT2D eigenvalue weighted by atomic mass is 9.94. The first-order chi connectivity index (χ1) is 20.1. The van der Waals surface area contributed by atoms with Gasteiger partial charge in [0, 0.05) is 12.0 Å². The smallest absolute Gasteiger partial charge is 0.301 e. The number of benzene rings is 3. The van der Waals surface area contributed by atoms with E-state index in [0.717, 1.165) is 39.1 Å². The molecule has 2 aliphatic rings. The van der Waals surface area contributed by atoms with Crippen LogP contribution in [0.15, 0.2) is 60.2 Å². The minimum absolute atomic E-state index is 0.0263. The fourth-order valence-corrected chi connectivity index (χ4v) is 6.89.